The average molecular weight is 410 g/mol. The molecule has 0 radical (unpaired) electrons. The van der Waals surface area contributed by atoms with E-state index in [0.717, 1.165) is 11.3 Å². The number of nitrogens with two attached hydrogens (primary N) is 1. The Hall–Kier alpha value is -2.28. The molecule has 6 nitrogen and oxygen atoms in total. The van der Waals surface area contributed by atoms with Gasteiger partial charge in [0.05, 0.1) is 17.2 Å². The van der Waals surface area contributed by atoms with Gasteiger partial charge in [-0.1, -0.05) is 23.7 Å². The number of para-hydroxylation sites is 1. The summed E-state index contributed by atoms with van der Waals surface area (Å²) in [5, 5.41) is 6.15. The summed E-state index contributed by atoms with van der Waals surface area (Å²) in [6.07, 6.45) is 0.531. The van der Waals surface area contributed by atoms with E-state index in [1.54, 1.807) is 30.3 Å². The lowest BCUT2D eigenvalue weighted by Crippen LogP contribution is -2.34. The molecule has 4 N–H and O–H groups in total. The summed E-state index contributed by atoms with van der Waals surface area (Å²) in [7, 11) is 0. The van der Waals surface area contributed by atoms with Crippen molar-refractivity contribution in [1.29, 1.82) is 0 Å². The number of benzene rings is 2. The fourth-order valence-electron chi connectivity index (χ4n) is 2.84. The Morgan fingerprint density at radius 3 is 2.78 bits per heavy atom. The Morgan fingerprint density at radius 1 is 1.22 bits per heavy atom. The Kier molecular flexibility index (Phi) is 7.47. The molecule has 2 aromatic carbocycles. The number of rotatable bonds is 5. The number of carbonyl (C=O) groups is 2. The number of halogens is 2. The van der Waals surface area contributed by atoms with E-state index in [0.29, 0.717) is 35.8 Å². The summed E-state index contributed by atoms with van der Waals surface area (Å²) in [5.74, 6) is -0.0841. The molecule has 3 rings (SSSR count). The van der Waals surface area contributed by atoms with Gasteiger partial charge in [0.1, 0.15) is 12.4 Å². The van der Waals surface area contributed by atoms with E-state index in [-0.39, 0.29) is 36.7 Å². The summed E-state index contributed by atoms with van der Waals surface area (Å²) in [6, 6.07) is 12.2. The quantitative estimate of drug-likeness (QED) is 0.707. The fourth-order valence-corrected chi connectivity index (χ4v) is 3.03. The SMILES string of the molecule is Cl.NCCNC(=O)c1ccccc1NC(=O)C1COc2ccc(Cl)cc2C1. The second kappa shape index (κ2) is 9.60. The molecule has 0 aromatic heterocycles. The molecule has 2 amide bonds. The van der Waals surface area contributed by atoms with Crippen molar-refractivity contribution in [2.24, 2.45) is 11.7 Å². The fraction of sp³-hybridized carbons (Fsp3) is 0.263. The number of nitrogens with one attached hydrogen (secondary N) is 2. The molecule has 0 saturated heterocycles. The molecule has 144 valence electrons. The van der Waals surface area contributed by atoms with Crippen molar-refractivity contribution in [3.05, 3.63) is 58.6 Å². The predicted molar refractivity (Wildman–Crippen MR) is 108 cm³/mol. The van der Waals surface area contributed by atoms with E-state index in [2.05, 4.69) is 10.6 Å². The molecule has 1 atom stereocenters. The van der Waals surface area contributed by atoms with Crippen molar-refractivity contribution in [1.82, 2.24) is 5.32 Å². The van der Waals surface area contributed by atoms with Crippen LogP contribution in [0.4, 0.5) is 5.69 Å². The summed E-state index contributed by atoms with van der Waals surface area (Å²) in [5.41, 5.74) is 7.17. The van der Waals surface area contributed by atoms with Gasteiger partial charge < -0.3 is 21.1 Å². The van der Waals surface area contributed by atoms with E-state index >= 15 is 0 Å². The van der Waals surface area contributed by atoms with Gasteiger partial charge in [0, 0.05) is 18.1 Å². The molecule has 0 saturated carbocycles. The number of fused-ring (bicyclic) bond motifs is 1. The highest BCUT2D eigenvalue weighted by atomic mass is 35.5. The smallest absolute Gasteiger partial charge is 0.253 e. The second-order valence-electron chi connectivity index (χ2n) is 6.04. The second-order valence-corrected chi connectivity index (χ2v) is 6.48. The van der Waals surface area contributed by atoms with Crippen LogP contribution in [0.25, 0.3) is 0 Å². The van der Waals surface area contributed by atoms with E-state index in [4.69, 9.17) is 22.1 Å². The summed E-state index contributed by atoms with van der Waals surface area (Å²) in [4.78, 5) is 24.9. The van der Waals surface area contributed by atoms with Gasteiger partial charge in [-0.05, 0) is 42.3 Å². The average Bonchev–Trinajstić information content (AvgIpc) is 2.65. The Balaban J connectivity index is 0.00000261. The first-order valence-corrected chi connectivity index (χ1v) is 8.75. The van der Waals surface area contributed by atoms with Gasteiger partial charge in [0.25, 0.3) is 5.91 Å². The number of carbonyl (C=O) groups excluding carboxylic acids is 2. The summed E-state index contributed by atoms with van der Waals surface area (Å²) in [6.45, 7) is 0.999. The molecule has 27 heavy (non-hydrogen) atoms. The predicted octanol–water partition coefficient (Wildman–Crippen LogP) is 2.64. The van der Waals surface area contributed by atoms with Gasteiger partial charge in [0.15, 0.2) is 0 Å². The zero-order valence-corrected chi connectivity index (χ0v) is 16.1. The topological polar surface area (TPSA) is 93.5 Å². The minimum atomic E-state index is -0.360. The molecule has 1 unspecified atom stereocenters. The first kappa shape index (κ1) is 21.0. The molecular formula is C19H21Cl2N3O3. The minimum Gasteiger partial charge on any atom is -0.492 e. The van der Waals surface area contributed by atoms with E-state index in [1.807, 2.05) is 12.1 Å². The van der Waals surface area contributed by atoms with E-state index in [9.17, 15) is 9.59 Å². The number of ether oxygens (including phenoxy) is 1. The van der Waals surface area contributed by atoms with Crippen molar-refractivity contribution in [2.45, 2.75) is 6.42 Å². The Labute approximate surface area is 168 Å². The standard InChI is InChI=1S/C19H20ClN3O3.ClH/c20-14-5-6-17-12(10-14)9-13(11-26-17)18(24)23-16-4-2-1-3-15(16)19(25)22-8-7-21;/h1-6,10,13H,7-9,11,21H2,(H,22,25)(H,23,24);1H. The molecule has 1 aliphatic rings. The molecular weight excluding hydrogens is 389 g/mol. The van der Waals surface area contributed by atoms with Crippen molar-refractivity contribution < 1.29 is 14.3 Å². The van der Waals surface area contributed by atoms with E-state index < -0.39 is 0 Å². The molecule has 0 fully saturated rings. The summed E-state index contributed by atoms with van der Waals surface area (Å²) >= 11 is 6.02. The van der Waals surface area contributed by atoms with Gasteiger partial charge in [-0.3, -0.25) is 9.59 Å². The first-order valence-electron chi connectivity index (χ1n) is 8.38. The van der Waals surface area contributed by atoms with Crippen LogP contribution in [-0.2, 0) is 11.2 Å². The highest BCUT2D eigenvalue weighted by molar-refractivity contribution is 6.30. The van der Waals surface area contributed by atoms with Crippen LogP contribution in [0.3, 0.4) is 0 Å². The third-order valence-electron chi connectivity index (χ3n) is 4.16. The number of anilines is 1. The lowest BCUT2D eigenvalue weighted by molar-refractivity contribution is -0.121. The largest absolute Gasteiger partial charge is 0.492 e. The van der Waals surface area contributed by atoms with Crippen molar-refractivity contribution in [3.63, 3.8) is 0 Å². The molecule has 0 bridgehead atoms. The monoisotopic (exact) mass is 409 g/mol. The maximum Gasteiger partial charge on any atom is 0.253 e. The van der Waals surface area contributed by atoms with Crippen LogP contribution in [0.2, 0.25) is 5.02 Å². The van der Waals surface area contributed by atoms with Crippen molar-refractivity contribution in [2.75, 3.05) is 25.0 Å². The van der Waals surface area contributed by atoms with Crippen LogP contribution in [0.1, 0.15) is 15.9 Å². The van der Waals surface area contributed by atoms with Crippen LogP contribution in [-0.4, -0.2) is 31.5 Å². The van der Waals surface area contributed by atoms with Crippen LogP contribution in [0.15, 0.2) is 42.5 Å². The zero-order chi connectivity index (χ0) is 18.5. The maximum absolute atomic E-state index is 12.7. The zero-order valence-electron chi connectivity index (χ0n) is 14.5. The van der Waals surface area contributed by atoms with Crippen LogP contribution < -0.4 is 21.1 Å². The van der Waals surface area contributed by atoms with E-state index in [1.165, 1.54) is 0 Å². The Bertz CT molecular complexity index is 830. The third kappa shape index (κ3) is 5.13. The molecule has 1 heterocycles. The Morgan fingerprint density at radius 2 is 2.00 bits per heavy atom. The first-order chi connectivity index (χ1) is 12.6. The molecule has 8 heteroatoms. The van der Waals surface area contributed by atoms with Crippen molar-refractivity contribution >= 4 is 41.5 Å². The van der Waals surface area contributed by atoms with Gasteiger partial charge in [0.2, 0.25) is 5.91 Å². The number of amides is 2. The summed E-state index contributed by atoms with van der Waals surface area (Å²) < 4.78 is 5.67. The highest BCUT2D eigenvalue weighted by Crippen LogP contribution is 2.30. The third-order valence-corrected chi connectivity index (χ3v) is 4.39. The molecule has 0 spiro atoms. The number of hydrogen-bond donors (Lipinski definition) is 3. The number of hydrogen-bond acceptors (Lipinski definition) is 4. The normalized spacial score (nSPS) is 15.0. The van der Waals surface area contributed by atoms with Gasteiger partial charge in [-0.15, -0.1) is 12.4 Å². The van der Waals surface area contributed by atoms with Crippen molar-refractivity contribution in [3.8, 4) is 5.75 Å². The van der Waals surface area contributed by atoms with Gasteiger partial charge in [-0.2, -0.15) is 0 Å². The van der Waals surface area contributed by atoms with Gasteiger partial charge >= 0.3 is 0 Å². The van der Waals surface area contributed by atoms with Gasteiger partial charge in [-0.25, -0.2) is 0 Å². The lowest BCUT2D eigenvalue weighted by atomic mass is 9.96. The highest BCUT2D eigenvalue weighted by Gasteiger charge is 2.27. The lowest BCUT2D eigenvalue weighted by Gasteiger charge is -2.25. The van der Waals surface area contributed by atoms with Crippen LogP contribution in [0.5, 0.6) is 5.75 Å². The van der Waals surface area contributed by atoms with Crippen LogP contribution >= 0.6 is 24.0 Å². The molecule has 2 aromatic rings. The maximum atomic E-state index is 12.7. The minimum absolute atomic E-state index is 0. The van der Waals surface area contributed by atoms with Crippen LogP contribution in [0, 0.1) is 5.92 Å². The molecule has 1 aliphatic heterocycles. The molecule has 0 aliphatic carbocycles.